The van der Waals surface area contributed by atoms with Gasteiger partial charge >= 0.3 is 0 Å². The van der Waals surface area contributed by atoms with E-state index in [0.717, 1.165) is 37.1 Å². The van der Waals surface area contributed by atoms with Crippen LogP contribution < -0.4 is 0 Å². The van der Waals surface area contributed by atoms with E-state index >= 15 is 0 Å². The summed E-state index contributed by atoms with van der Waals surface area (Å²) in [6, 6.07) is 15.5. The predicted octanol–water partition coefficient (Wildman–Crippen LogP) is 6.37. The van der Waals surface area contributed by atoms with Crippen LogP contribution in [0.2, 0.25) is 5.02 Å². The van der Waals surface area contributed by atoms with E-state index in [1.54, 1.807) is 28.9 Å². The molecule has 1 amide bonds. The first-order chi connectivity index (χ1) is 15.1. The Morgan fingerprint density at radius 3 is 2.44 bits per heavy atom. The molecule has 2 bridgehead atoms. The molecule has 5 rings (SSSR count). The van der Waals surface area contributed by atoms with Crippen LogP contribution in [0.4, 0.5) is 4.39 Å². The topological polar surface area (TPSA) is 38.1 Å². The molecule has 2 atom stereocenters. The zero-order valence-electron chi connectivity index (χ0n) is 18.6. The largest absolute Gasteiger partial charge is 0.334 e. The highest BCUT2D eigenvalue weighted by atomic mass is 35.5. The Morgan fingerprint density at radius 2 is 1.75 bits per heavy atom. The van der Waals surface area contributed by atoms with Crippen molar-refractivity contribution in [2.45, 2.75) is 46.1 Å². The molecule has 0 N–H and O–H groups in total. The van der Waals surface area contributed by atoms with E-state index in [1.165, 1.54) is 12.1 Å². The van der Waals surface area contributed by atoms with Crippen LogP contribution in [-0.4, -0.2) is 33.2 Å². The monoisotopic (exact) mass is 451 g/mol. The number of fused-ring (bicyclic) bond motifs is 2. The van der Waals surface area contributed by atoms with Gasteiger partial charge < -0.3 is 4.90 Å². The van der Waals surface area contributed by atoms with Crippen LogP contribution in [0, 0.1) is 16.6 Å². The fourth-order valence-corrected chi connectivity index (χ4v) is 6.04. The molecule has 2 aromatic carbocycles. The van der Waals surface area contributed by atoms with Crippen molar-refractivity contribution < 1.29 is 9.18 Å². The van der Waals surface area contributed by atoms with E-state index in [9.17, 15) is 9.18 Å². The van der Waals surface area contributed by atoms with Gasteiger partial charge in [-0.1, -0.05) is 32.4 Å². The first-order valence-corrected chi connectivity index (χ1v) is 11.4. The van der Waals surface area contributed by atoms with E-state index in [4.69, 9.17) is 16.7 Å². The Labute approximate surface area is 193 Å². The number of carbonyl (C=O) groups excluding carboxylic acids is 1. The number of carbonyl (C=O) groups is 1. The molecule has 32 heavy (non-hydrogen) atoms. The molecule has 1 saturated heterocycles. The maximum absolute atomic E-state index is 13.9. The second-order valence-electron chi connectivity index (χ2n) is 10.5. The Bertz CT molecular complexity index is 1170. The van der Waals surface area contributed by atoms with Crippen molar-refractivity contribution in [3.8, 4) is 16.9 Å². The molecule has 4 nitrogen and oxygen atoms in total. The number of hydrogen-bond donors (Lipinski definition) is 0. The minimum Gasteiger partial charge on any atom is -0.334 e. The molecule has 0 radical (unpaired) electrons. The van der Waals surface area contributed by atoms with Gasteiger partial charge in [-0.15, -0.1) is 0 Å². The molecular weight excluding hydrogens is 425 g/mol. The fourth-order valence-electron chi connectivity index (χ4n) is 5.92. The Hall–Kier alpha value is -2.66. The highest BCUT2D eigenvalue weighted by Crippen LogP contribution is 2.52. The van der Waals surface area contributed by atoms with Gasteiger partial charge in [-0.3, -0.25) is 4.79 Å². The van der Waals surface area contributed by atoms with E-state index in [0.29, 0.717) is 16.4 Å². The third-order valence-electron chi connectivity index (χ3n) is 6.82. The summed E-state index contributed by atoms with van der Waals surface area (Å²) in [5, 5.41) is 5.36. The standard InChI is InChI=1S/C26H27ClFN3O/c1-25(2)13-21-14-26(3,15-25)16-30(21)24(32)23-12-22(17-4-8-19(28)9-5-17)29-31(23)20-10-6-18(27)7-11-20/h4-12,21H,13-16H2,1-3H3. The third-order valence-corrected chi connectivity index (χ3v) is 7.07. The minimum absolute atomic E-state index is 0.00719. The number of likely N-dealkylation sites (tertiary alicyclic amines) is 1. The SMILES string of the molecule is CC1(C)CC2CC(C)(CN2C(=O)c2cc(-c3ccc(F)cc3)nn2-c2ccc(Cl)cc2)C1. The number of nitrogens with zero attached hydrogens (tertiary/aromatic N) is 3. The summed E-state index contributed by atoms with van der Waals surface area (Å²) in [5.41, 5.74) is 3.05. The molecule has 1 aromatic heterocycles. The average molecular weight is 452 g/mol. The van der Waals surface area contributed by atoms with Gasteiger partial charge in [0.25, 0.3) is 5.91 Å². The Kier molecular flexibility index (Phi) is 4.93. The molecule has 1 aliphatic carbocycles. The molecule has 3 aromatic rings. The van der Waals surface area contributed by atoms with Crippen LogP contribution in [0.3, 0.4) is 0 Å². The summed E-state index contributed by atoms with van der Waals surface area (Å²) in [7, 11) is 0. The van der Waals surface area contributed by atoms with Crippen LogP contribution in [0.1, 0.15) is 50.5 Å². The van der Waals surface area contributed by atoms with Gasteiger partial charge in [0.15, 0.2) is 0 Å². The van der Waals surface area contributed by atoms with Crippen LogP contribution in [0.5, 0.6) is 0 Å². The zero-order valence-corrected chi connectivity index (χ0v) is 19.4. The molecule has 2 aliphatic rings. The maximum Gasteiger partial charge on any atom is 0.272 e. The maximum atomic E-state index is 13.9. The Balaban J connectivity index is 1.57. The normalized spacial score (nSPS) is 24.0. The molecule has 1 saturated carbocycles. The van der Waals surface area contributed by atoms with Crippen LogP contribution >= 0.6 is 11.6 Å². The van der Waals surface area contributed by atoms with Gasteiger partial charge in [0.2, 0.25) is 0 Å². The van der Waals surface area contributed by atoms with Crippen molar-refractivity contribution in [2.75, 3.05) is 6.54 Å². The van der Waals surface area contributed by atoms with E-state index in [1.807, 2.05) is 23.1 Å². The van der Waals surface area contributed by atoms with E-state index < -0.39 is 0 Å². The van der Waals surface area contributed by atoms with Crippen molar-refractivity contribution in [2.24, 2.45) is 10.8 Å². The van der Waals surface area contributed by atoms with Crippen molar-refractivity contribution in [1.29, 1.82) is 0 Å². The average Bonchev–Trinajstić information content (AvgIpc) is 3.27. The van der Waals surface area contributed by atoms with E-state index in [2.05, 4.69) is 20.8 Å². The van der Waals surface area contributed by atoms with Crippen molar-refractivity contribution >= 4 is 17.5 Å². The van der Waals surface area contributed by atoms with Crippen molar-refractivity contribution in [1.82, 2.24) is 14.7 Å². The number of hydrogen-bond acceptors (Lipinski definition) is 2. The van der Waals surface area contributed by atoms with Crippen LogP contribution in [-0.2, 0) is 0 Å². The molecule has 2 heterocycles. The molecule has 1 aliphatic heterocycles. The zero-order chi connectivity index (χ0) is 22.7. The molecule has 6 heteroatoms. The van der Waals surface area contributed by atoms with Crippen molar-refractivity contribution in [3.05, 3.63) is 71.1 Å². The number of aromatic nitrogens is 2. The van der Waals surface area contributed by atoms with Gasteiger partial charge in [-0.2, -0.15) is 5.10 Å². The molecule has 0 spiro atoms. The summed E-state index contributed by atoms with van der Waals surface area (Å²) in [6.07, 6.45) is 3.17. The van der Waals surface area contributed by atoms with Gasteiger partial charge in [-0.25, -0.2) is 9.07 Å². The molecule has 2 fully saturated rings. The van der Waals surface area contributed by atoms with Crippen molar-refractivity contribution in [3.63, 3.8) is 0 Å². The lowest BCUT2D eigenvalue weighted by Crippen LogP contribution is -2.38. The summed E-state index contributed by atoms with van der Waals surface area (Å²) in [6.45, 7) is 7.66. The summed E-state index contributed by atoms with van der Waals surface area (Å²) < 4.78 is 15.1. The quantitative estimate of drug-likeness (QED) is 0.463. The number of rotatable bonds is 3. The second-order valence-corrected chi connectivity index (χ2v) is 10.9. The van der Waals surface area contributed by atoms with Gasteiger partial charge in [0.1, 0.15) is 11.5 Å². The first-order valence-electron chi connectivity index (χ1n) is 11.1. The lowest BCUT2D eigenvalue weighted by Gasteiger charge is -2.39. The van der Waals surface area contributed by atoms with E-state index in [-0.39, 0.29) is 28.6 Å². The summed E-state index contributed by atoms with van der Waals surface area (Å²) in [5.74, 6) is -0.311. The second kappa shape index (κ2) is 7.45. The summed E-state index contributed by atoms with van der Waals surface area (Å²) >= 11 is 6.08. The van der Waals surface area contributed by atoms with Crippen LogP contribution in [0.15, 0.2) is 54.6 Å². The first kappa shape index (κ1) is 21.2. The minimum atomic E-state index is -0.303. The number of benzene rings is 2. The number of halogens is 2. The highest BCUT2D eigenvalue weighted by Gasteiger charge is 2.51. The van der Waals surface area contributed by atoms with Gasteiger partial charge in [0, 0.05) is 23.2 Å². The Morgan fingerprint density at radius 1 is 1.06 bits per heavy atom. The lowest BCUT2D eigenvalue weighted by molar-refractivity contribution is 0.0699. The fraction of sp³-hybridized carbons (Fsp3) is 0.385. The van der Waals surface area contributed by atoms with Gasteiger partial charge in [-0.05, 0) is 84.7 Å². The summed E-state index contributed by atoms with van der Waals surface area (Å²) in [4.78, 5) is 15.9. The van der Waals surface area contributed by atoms with Gasteiger partial charge in [0.05, 0.1) is 11.4 Å². The molecule has 166 valence electrons. The third kappa shape index (κ3) is 3.83. The highest BCUT2D eigenvalue weighted by molar-refractivity contribution is 6.30. The number of amides is 1. The van der Waals surface area contributed by atoms with Crippen LogP contribution in [0.25, 0.3) is 16.9 Å². The predicted molar refractivity (Wildman–Crippen MR) is 125 cm³/mol. The molecule has 2 unspecified atom stereocenters. The smallest absolute Gasteiger partial charge is 0.272 e. The molecular formula is C26H27ClFN3O. The lowest BCUT2D eigenvalue weighted by atomic mass is 9.65.